The van der Waals surface area contributed by atoms with Crippen molar-refractivity contribution in [2.75, 3.05) is 14.2 Å². The number of carbonyl (C=O) groups is 1. The smallest absolute Gasteiger partial charge is 0.346 e. The van der Waals surface area contributed by atoms with Gasteiger partial charge in [-0.25, -0.2) is 9.78 Å². The molecule has 0 aliphatic carbocycles. The van der Waals surface area contributed by atoms with Crippen molar-refractivity contribution in [1.29, 1.82) is 0 Å². The maximum absolute atomic E-state index is 13.6. The second-order valence-corrected chi connectivity index (χ2v) is 8.95. The molecule has 0 radical (unpaired) electrons. The van der Waals surface area contributed by atoms with Crippen LogP contribution in [0.2, 0.25) is 0 Å². The maximum Gasteiger partial charge on any atom is 0.346 e. The first kappa shape index (κ1) is 26.4. The topological polar surface area (TPSA) is 105 Å². The molecule has 0 fully saturated rings. The summed E-state index contributed by atoms with van der Waals surface area (Å²) in [6, 6.07) is 20.0. The third-order valence-corrected chi connectivity index (χ3v) is 6.29. The molecular weight excluding hydrogens is 510 g/mol. The standard InChI is InChI=1S/C31H27N3O6/c1-5-10-22-15-20(16-26(37-3)28(22)39-19(2)31(36)38-4)18-32-34-29(27-17-21-11-6-9-14-25(21)40-27)33-24-13-8-7-12-23(24)30(34)35/h5-9,11-19H,1,10H2,2-4H3/t19-/m1/s1. The molecule has 0 spiro atoms. The molecule has 0 aliphatic heterocycles. The zero-order chi connectivity index (χ0) is 28.2. The molecule has 0 unspecified atom stereocenters. The van der Waals surface area contributed by atoms with Gasteiger partial charge in [0.25, 0.3) is 5.56 Å². The van der Waals surface area contributed by atoms with Gasteiger partial charge in [-0.05, 0) is 55.3 Å². The van der Waals surface area contributed by atoms with E-state index in [9.17, 15) is 9.59 Å². The summed E-state index contributed by atoms with van der Waals surface area (Å²) in [5.74, 6) is 0.939. The normalized spacial score (nSPS) is 12.1. The highest BCUT2D eigenvalue weighted by Gasteiger charge is 2.21. The number of rotatable bonds is 9. The molecular formula is C31H27N3O6. The average Bonchev–Trinajstić information content (AvgIpc) is 3.41. The van der Waals surface area contributed by atoms with Crippen molar-refractivity contribution in [2.45, 2.75) is 19.4 Å². The molecule has 9 heteroatoms. The summed E-state index contributed by atoms with van der Waals surface area (Å²) in [5, 5.41) is 5.84. The minimum Gasteiger partial charge on any atom is -0.493 e. The Morgan fingerprint density at radius 1 is 1.12 bits per heavy atom. The van der Waals surface area contributed by atoms with Crippen molar-refractivity contribution in [3.63, 3.8) is 0 Å². The summed E-state index contributed by atoms with van der Waals surface area (Å²) < 4.78 is 23.5. The van der Waals surface area contributed by atoms with Crippen LogP contribution in [0.1, 0.15) is 18.1 Å². The van der Waals surface area contributed by atoms with E-state index in [1.165, 1.54) is 25.1 Å². The van der Waals surface area contributed by atoms with Gasteiger partial charge in [0, 0.05) is 10.9 Å². The SMILES string of the molecule is C=CCc1cc(C=Nn2c(-c3cc4ccccc4o3)nc3ccccc3c2=O)cc(OC)c1O[C@H](C)C(=O)OC. The lowest BCUT2D eigenvalue weighted by Gasteiger charge is -2.18. The number of methoxy groups -OCH3 is 2. The van der Waals surface area contributed by atoms with Crippen LogP contribution < -0.4 is 15.0 Å². The van der Waals surface area contributed by atoms with E-state index in [0.29, 0.717) is 51.3 Å². The van der Waals surface area contributed by atoms with E-state index in [4.69, 9.17) is 23.6 Å². The minimum atomic E-state index is -0.851. The van der Waals surface area contributed by atoms with E-state index < -0.39 is 12.1 Å². The molecule has 0 N–H and O–H groups in total. The maximum atomic E-state index is 13.6. The number of aromatic nitrogens is 2. The van der Waals surface area contributed by atoms with Gasteiger partial charge in [-0.2, -0.15) is 9.78 Å². The van der Waals surface area contributed by atoms with Gasteiger partial charge in [-0.15, -0.1) is 6.58 Å². The lowest BCUT2D eigenvalue weighted by atomic mass is 10.1. The Kier molecular flexibility index (Phi) is 7.46. The molecule has 0 saturated heterocycles. The molecule has 9 nitrogen and oxygen atoms in total. The van der Waals surface area contributed by atoms with Crippen LogP contribution in [-0.2, 0) is 16.0 Å². The highest BCUT2D eigenvalue weighted by Crippen LogP contribution is 2.34. The third-order valence-electron chi connectivity index (χ3n) is 6.29. The van der Waals surface area contributed by atoms with Crippen molar-refractivity contribution in [3.05, 3.63) is 101 Å². The Balaban J connectivity index is 1.63. The first-order valence-corrected chi connectivity index (χ1v) is 12.5. The molecule has 0 bridgehead atoms. The lowest BCUT2D eigenvalue weighted by Crippen LogP contribution is -2.25. The number of furan rings is 1. The lowest BCUT2D eigenvalue weighted by molar-refractivity contribution is -0.147. The second kappa shape index (κ2) is 11.3. The number of hydrogen-bond acceptors (Lipinski definition) is 8. The summed E-state index contributed by atoms with van der Waals surface area (Å²) >= 11 is 0. The fraction of sp³-hybridized carbons (Fsp3) is 0.161. The van der Waals surface area contributed by atoms with Gasteiger partial charge in [0.2, 0.25) is 5.82 Å². The molecule has 1 atom stereocenters. The van der Waals surface area contributed by atoms with Gasteiger partial charge in [0.1, 0.15) is 5.58 Å². The Labute approximate surface area is 229 Å². The Morgan fingerprint density at radius 3 is 2.65 bits per heavy atom. The van der Waals surface area contributed by atoms with Crippen LogP contribution in [0.4, 0.5) is 0 Å². The number of hydrogen-bond donors (Lipinski definition) is 0. The largest absolute Gasteiger partial charge is 0.493 e. The van der Waals surface area contributed by atoms with Crippen LogP contribution in [-0.4, -0.2) is 42.2 Å². The van der Waals surface area contributed by atoms with Crippen molar-refractivity contribution in [2.24, 2.45) is 5.10 Å². The number of allylic oxidation sites excluding steroid dienone is 1. The first-order valence-electron chi connectivity index (χ1n) is 12.5. The fourth-order valence-electron chi connectivity index (χ4n) is 4.35. The molecule has 2 heterocycles. The molecule has 5 rings (SSSR count). The summed E-state index contributed by atoms with van der Waals surface area (Å²) in [6.45, 7) is 5.42. The van der Waals surface area contributed by atoms with Gasteiger partial charge in [-0.1, -0.05) is 36.4 Å². The molecule has 2 aromatic heterocycles. The molecule has 40 heavy (non-hydrogen) atoms. The summed E-state index contributed by atoms with van der Waals surface area (Å²) in [7, 11) is 2.80. The van der Waals surface area contributed by atoms with E-state index in [2.05, 4.69) is 11.7 Å². The van der Waals surface area contributed by atoms with Crippen LogP contribution in [0.25, 0.3) is 33.5 Å². The van der Waals surface area contributed by atoms with Gasteiger partial charge in [0.15, 0.2) is 23.4 Å². The van der Waals surface area contributed by atoms with Gasteiger partial charge in [-0.3, -0.25) is 4.79 Å². The van der Waals surface area contributed by atoms with E-state index >= 15 is 0 Å². The molecule has 0 aliphatic rings. The molecule has 5 aromatic rings. The highest BCUT2D eigenvalue weighted by atomic mass is 16.6. The fourth-order valence-corrected chi connectivity index (χ4v) is 4.35. The Bertz CT molecular complexity index is 1780. The number of benzene rings is 3. The van der Waals surface area contributed by atoms with E-state index in [1.54, 1.807) is 37.3 Å². The highest BCUT2D eigenvalue weighted by molar-refractivity contribution is 5.85. The zero-order valence-electron chi connectivity index (χ0n) is 22.3. The summed E-state index contributed by atoms with van der Waals surface area (Å²) in [5.41, 5.74) is 2.20. The summed E-state index contributed by atoms with van der Waals surface area (Å²) in [6.07, 6.45) is 2.83. The average molecular weight is 538 g/mol. The van der Waals surface area contributed by atoms with Gasteiger partial charge >= 0.3 is 5.97 Å². The Hall–Kier alpha value is -5.18. The van der Waals surface area contributed by atoms with Gasteiger partial charge in [0.05, 0.1) is 31.3 Å². The monoisotopic (exact) mass is 537 g/mol. The number of carbonyl (C=O) groups excluding carboxylic acids is 1. The van der Waals surface area contributed by atoms with Crippen LogP contribution in [0.5, 0.6) is 11.5 Å². The summed E-state index contributed by atoms with van der Waals surface area (Å²) in [4.78, 5) is 30.3. The molecule has 202 valence electrons. The van der Waals surface area contributed by atoms with Crippen molar-refractivity contribution < 1.29 is 23.4 Å². The van der Waals surface area contributed by atoms with Crippen LogP contribution in [0.3, 0.4) is 0 Å². The number of fused-ring (bicyclic) bond motifs is 2. The Morgan fingerprint density at radius 2 is 1.90 bits per heavy atom. The third kappa shape index (κ3) is 5.09. The number of esters is 1. The predicted octanol–water partition coefficient (Wildman–Crippen LogP) is 5.37. The minimum absolute atomic E-state index is 0.265. The van der Waals surface area contributed by atoms with E-state index in [1.807, 2.05) is 42.5 Å². The van der Waals surface area contributed by atoms with E-state index in [-0.39, 0.29) is 11.4 Å². The first-order chi connectivity index (χ1) is 19.4. The number of para-hydroxylation sites is 2. The predicted molar refractivity (Wildman–Crippen MR) is 153 cm³/mol. The van der Waals surface area contributed by atoms with Crippen LogP contribution >= 0.6 is 0 Å². The molecule has 0 amide bonds. The van der Waals surface area contributed by atoms with Crippen molar-refractivity contribution >= 4 is 34.1 Å². The second-order valence-electron chi connectivity index (χ2n) is 8.95. The van der Waals surface area contributed by atoms with Crippen molar-refractivity contribution in [1.82, 2.24) is 9.66 Å². The zero-order valence-corrected chi connectivity index (χ0v) is 22.3. The quantitative estimate of drug-likeness (QED) is 0.141. The van der Waals surface area contributed by atoms with Crippen LogP contribution in [0.15, 0.2) is 93.7 Å². The van der Waals surface area contributed by atoms with Crippen molar-refractivity contribution in [3.8, 4) is 23.1 Å². The van der Waals surface area contributed by atoms with Crippen LogP contribution in [0, 0.1) is 0 Å². The van der Waals surface area contributed by atoms with Gasteiger partial charge < -0.3 is 18.6 Å². The van der Waals surface area contributed by atoms with E-state index in [0.717, 1.165) is 5.39 Å². The number of ether oxygens (including phenoxy) is 3. The number of nitrogens with zero attached hydrogens (tertiary/aromatic N) is 3. The molecule has 3 aromatic carbocycles. The molecule has 0 saturated carbocycles.